The van der Waals surface area contributed by atoms with Crippen LogP contribution in [-0.2, 0) is 14.3 Å². The van der Waals surface area contributed by atoms with Crippen LogP contribution in [0.4, 0.5) is 0 Å². The van der Waals surface area contributed by atoms with Gasteiger partial charge < -0.3 is 9.47 Å². The molecule has 0 radical (unpaired) electrons. The van der Waals surface area contributed by atoms with Crippen LogP contribution in [0.1, 0.15) is 13.8 Å². The number of hydrogen-bond acceptors (Lipinski definition) is 3. The Hall–Kier alpha value is 0.170. The summed E-state index contributed by atoms with van der Waals surface area (Å²) in [6, 6.07) is 0. The molecule has 1 aliphatic heterocycles. The van der Waals surface area contributed by atoms with Gasteiger partial charge >= 0.3 is 0 Å². The lowest BCUT2D eigenvalue weighted by Gasteiger charge is -2.35. The molecule has 14 heavy (non-hydrogen) atoms. The average molecular weight is 241 g/mol. The second kappa shape index (κ2) is 4.79. The van der Waals surface area contributed by atoms with Gasteiger partial charge in [0.25, 0.3) is 0 Å². The first-order valence-electron chi connectivity index (χ1n) is 4.48. The summed E-state index contributed by atoms with van der Waals surface area (Å²) in [5.41, 5.74) is -0.700. The van der Waals surface area contributed by atoms with E-state index in [2.05, 4.69) is 0 Å². The maximum Gasteiger partial charge on any atom is 0.173 e. The highest BCUT2D eigenvalue weighted by Crippen LogP contribution is 2.30. The van der Waals surface area contributed by atoms with E-state index in [9.17, 15) is 4.79 Å². The summed E-state index contributed by atoms with van der Waals surface area (Å²) in [5.74, 6) is -0.226. The van der Waals surface area contributed by atoms with E-state index >= 15 is 0 Å². The molecule has 0 aliphatic carbocycles. The van der Waals surface area contributed by atoms with E-state index in [1.54, 1.807) is 13.8 Å². The molecule has 1 rings (SSSR count). The third kappa shape index (κ3) is 2.60. The number of ether oxygens (including phenoxy) is 2. The van der Waals surface area contributed by atoms with Crippen molar-refractivity contribution in [1.29, 1.82) is 0 Å². The molecule has 0 N–H and O–H groups in total. The fourth-order valence-electron chi connectivity index (χ4n) is 1.34. The van der Waals surface area contributed by atoms with Crippen LogP contribution in [0, 0.1) is 5.41 Å². The number of Topliss-reactive ketones (excluding diaryl/α,β-unsaturated/α-hetero) is 1. The highest BCUT2D eigenvalue weighted by molar-refractivity contribution is 6.54. The van der Waals surface area contributed by atoms with Crippen LogP contribution in [0.25, 0.3) is 0 Å². The molecule has 0 aromatic rings. The Morgan fingerprint density at radius 2 is 2.07 bits per heavy atom. The Morgan fingerprint density at radius 3 is 2.50 bits per heavy atom. The summed E-state index contributed by atoms with van der Waals surface area (Å²) < 4.78 is 10.7. The van der Waals surface area contributed by atoms with Crippen LogP contribution >= 0.6 is 23.2 Å². The van der Waals surface area contributed by atoms with Crippen molar-refractivity contribution in [3.05, 3.63) is 0 Å². The summed E-state index contributed by atoms with van der Waals surface area (Å²) in [4.78, 5) is 10.7. The van der Waals surface area contributed by atoms with Crippen LogP contribution in [-0.4, -0.2) is 36.5 Å². The molecule has 3 nitrogen and oxygen atoms in total. The predicted octanol–water partition coefficient (Wildman–Crippen LogP) is 1.80. The molecule has 0 aromatic heterocycles. The van der Waals surface area contributed by atoms with Gasteiger partial charge in [-0.3, -0.25) is 4.79 Å². The molecule has 82 valence electrons. The minimum absolute atomic E-state index is 0.226. The van der Waals surface area contributed by atoms with Crippen molar-refractivity contribution in [2.45, 2.75) is 24.8 Å². The minimum Gasteiger partial charge on any atom is -0.376 e. The zero-order valence-electron chi connectivity index (χ0n) is 8.26. The molecular weight excluding hydrogens is 227 g/mol. The summed E-state index contributed by atoms with van der Waals surface area (Å²) >= 11 is 11.1. The molecule has 1 atom stereocenters. The van der Waals surface area contributed by atoms with Gasteiger partial charge in [-0.15, -0.1) is 0 Å². The van der Waals surface area contributed by atoms with Gasteiger partial charge in [-0.2, -0.15) is 0 Å². The summed E-state index contributed by atoms with van der Waals surface area (Å²) in [5, 5.41) is 0. The maximum atomic E-state index is 11.7. The summed E-state index contributed by atoms with van der Waals surface area (Å²) in [7, 11) is 0. The van der Waals surface area contributed by atoms with Crippen molar-refractivity contribution in [2.24, 2.45) is 5.41 Å². The molecule has 1 unspecified atom stereocenters. The molecule has 0 bridgehead atoms. The van der Waals surface area contributed by atoms with E-state index in [1.807, 2.05) is 0 Å². The van der Waals surface area contributed by atoms with Gasteiger partial charge in [0, 0.05) is 0 Å². The first kappa shape index (κ1) is 12.2. The van der Waals surface area contributed by atoms with E-state index in [0.717, 1.165) is 0 Å². The lowest BCUT2D eigenvalue weighted by atomic mass is 9.82. The van der Waals surface area contributed by atoms with Gasteiger partial charge in [-0.1, -0.05) is 37.0 Å². The van der Waals surface area contributed by atoms with E-state index in [4.69, 9.17) is 32.7 Å². The van der Waals surface area contributed by atoms with Crippen molar-refractivity contribution >= 4 is 29.0 Å². The lowest BCUT2D eigenvalue weighted by molar-refractivity contribution is -0.154. The standard InChI is InChI=1S/C9H14Cl2O3/c1-9(2,7(12)8(10)11)6-5-13-3-4-14-6/h6,8H,3-5H2,1-2H3. The van der Waals surface area contributed by atoms with Gasteiger partial charge in [-0.05, 0) is 0 Å². The molecular formula is C9H14Cl2O3. The third-order valence-electron chi connectivity index (χ3n) is 2.45. The van der Waals surface area contributed by atoms with E-state index in [-0.39, 0.29) is 11.9 Å². The first-order chi connectivity index (χ1) is 6.46. The van der Waals surface area contributed by atoms with E-state index in [1.165, 1.54) is 0 Å². The molecule has 1 saturated heterocycles. The van der Waals surface area contributed by atoms with Crippen LogP contribution in [0.15, 0.2) is 0 Å². The van der Waals surface area contributed by atoms with Crippen molar-refractivity contribution in [3.8, 4) is 0 Å². The number of halogens is 2. The molecule has 1 fully saturated rings. The van der Waals surface area contributed by atoms with Gasteiger partial charge in [0.15, 0.2) is 10.6 Å². The number of ketones is 1. The number of rotatable bonds is 3. The molecule has 0 amide bonds. The van der Waals surface area contributed by atoms with Crippen molar-refractivity contribution in [3.63, 3.8) is 0 Å². The number of hydrogen-bond donors (Lipinski definition) is 0. The van der Waals surface area contributed by atoms with Crippen LogP contribution in [0.2, 0.25) is 0 Å². The lowest BCUT2D eigenvalue weighted by Crippen LogP contribution is -2.46. The molecule has 1 aliphatic rings. The van der Waals surface area contributed by atoms with Gasteiger partial charge in [-0.25, -0.2) is 0 Å². The minimum atomic E-state index is -1.00. The normalized spacial score (nSPS) is 23.9. The van der Waals surface area contributed by atoms with Crippen LogP contribution in [0.3, 0.4) is 0 Å². The topological polar surface area (TPSA) is 35.5 Å². The van der Waals surface area contributed by atoms with Crippen molar-refractivity contribution < 1.29 is 14.3 Å². The van der Waals surface area contributed by atoms with Gasteiger partial charge in [0.05, 0.1) is 31.3 Å². The Kier molecular flexibility index (Phi) is 4.19. The highest BCUT2D eigenvalue weighted by Gasteiger charge is 2.41. The van der Waals surface area contributed by atoms with Crippen molar-refractivity contribution in [2.75, 3.05) is 19.8 Å². The number of carbonyl (C=O) groups excluding carboxylic acids is 1. The zero-order chi connectivity index (χ0) is 10.8. The van der Waals surface area contributed by atoms with E-state index in [0.29, 0.717) is 19.8 Å². The predicted molar refractivity (Wildman–Crippen MR) is 54.8 cm³/mol. The summed E-state index contributed by atoms with van der Waals surface area (Å²) in [6.07, 6.45) is -0.260. The molecule has 1 heterocycles. The second-order valence-electron chi connectivity index (χ2n) is 3.82. The molecule has 5 heteroatoms. The van der Waals surface area contributed by atoms with Crippen LogP contribution in [0.5, 0.6) is 0 Å². The molecule has 0 saturated carbocycles. The summed E-state index contributed by atoms with van der Waals surface area (Å²) in [6.45, 7) is 5.04. The highest BCUT2D eigenvalue weighted by atomic mass is 35.5. The van der Waals surface area contributed by atoms with Gasteiger partial charge in [0.1, 0.15) is 0 Å². The van der Waals surface area contributed by atoms with Crippen molar-refractivity contribution in [1.82, 2.24) is 0 Å². The zero-order valence-corrected chi connectivity index (χ0v) is 9.77. The third-order valence-corrected chi connectivity index (χ3v) is 2.85. The Labute approximate surface area is 93.6 Å². The Bertz CT molecular complexity index is 210. The smallest absolute Gasteiger partial charge is 0.173 e. The SMILES string of the molecule is CC(C)(C(=O)C(Cl)Cl)C1COCCO1. The fraction of sp³-hybridized carbons (Fsp3) is 0.889. The molecule has 0 spiro atoms. The van der Waals surface area contributed by atoms with Crippen LogP contribution < -0.4 is 0 Å². The average Bonchev–Trinajstić information content (AvgIpc) is 2.18. The Balaban J connectivity index is 2.66. The quantitative estimate of drug-likeness (QED) is 0.707. The van der Waals surface area contributed by atoms with E-state index < -0.39 is 10.3 Å². The first-order valence-corrected chi connectivity index (χ1v) is 5.35. The number of alkyl halides is 2. The molecule has 0 aromatic carbocycles. The van der Waals surface area contributed by atoms with Gasteiger partial charge in [0.2, 0.25) is 0 Å². The largest absolute Gasteiger partial charge is 0.376 e. The fourth-order valence-corrected chi connectivity index (χ4v) is 1.91. The number of carbonyl (C=O) groups is 1. The monoisotopic (exact) mass is 240 g/mol. The maximum absolute atomic E-state index is 11.7. The Morgan fingerprint density at radius 1 is 1.43 bits per heavy atom. The second-order valence-corrected chi connectivity index (χ2v) is 4.92.